The van der Waals surface area contributed by atoms with E-state index < -0.39 is 22.1 Å². The van der Waals surface area contributed by atoms with E-state index in [4.69, 9.17) is 8.92 Å². The first kappa shape index (κ1) is 25.6. The summed E-state index contributed by atoms with van der Waals surface area (Å²) in [5, 5.41) is 7.86. The van der Waals surface area contributed by atoms with Crippen molar-refractivity contribution in [3.63, 3.8) is 0 Å². The summed E-state index contributed by atoms with van der Waals surface area (Å²) >= 11 is 0. The van der Waals surface area contributed by atoms with Crippen LogP contribution in [0.1, 0.15) is 13.3 Å². The van der Waals surface area contributed by atoms with Crippen molar-refractivity contribution in [1.82, 2.24) is 5.32 Å². The molecule has 0 heterocycles. The Kier molecular flexibility index (Phi) is 9.63. The zero-order chi connectivity index (χ0) is 24.3. The van der Waals surface area contributed by atoms with Gasteiger partial charge >= 0.3 is 16.2 Å². The number of hydrogen-bond acceptors (Lipinski definition) is 8. The smallest absolute Gasteiger partial charge is 0.413 e. The van der Waals surface area contributed by atoms with Crippen molar-refractivity contribution in [2.24, 2.45) is 4.99 Å². The minimum atomic E-state index is -4.20. The fourth-order valence-electron chi connectivity index (χ4n) is 2.46. The van der Waals surface area contributed by atoms with E-state index in [1.54, 1.807) is 24.3 Å². The van der Waals surface area contributed by atoms with Crippen LogP contribution in [0.25, 0.3) is 0 Å². The standard InChI is InChI=1S/C21H26N4O7S/c1-4-12-22-20(25-21(27)31-3)23-15-10-11-17(24-19(26)14-30-2)18(13-15)32-33(28,29)16-8-6-5-7-9-16/h5-11,13H,4,12,14H2,1-3H3,(H,24,26)(H2,22,23,25,27). The highest BCUT2D eigenvalue weighted by Gasteiger charge is 2.20. The first-order chi connectivity index (χ1) is 15.8. The van der Waals surface area contributed by atoms with Crippen molar-refractivity contribution in [2.45, 2.75) is 18.2 Å². The van der Waals surface area contributed by atoms with Crippen molar-refractivity contribution in [2.75, 3.05) is 38.0 Å². The molecule has 0 aromatic heterocycles. The molecule has 0 saturated heterocycles. The first-order valence-corrected chi connectivity index (χ1v) is 11.3. The molecule has 0 fully saturated rings. The second-order valence-electron chi connectivity index (χ2n) is 6.51. The molecule has 11 nitrogen and oxygen atoms in total. The topological polar surface area (TPSA) is 144 Å². The number of carbonyl (C=O) groups is 2. The third kappa shape index (κ3) is 8.09. The Morgan fingerprint density at radius 3 is 2.39 bits per heavy atom. The Morgan fingerprint density at radius 2 is 1.76 bits per heavy atom. The third-order valence-corrected chi connectivity index (χ3v) is 5.17. The van der Waals surface area contributed by atoms with Gasteiger partial charge in [0.2, 0.25) is 11.9 Å². The average molecular weight is 479 g/mol. The summed E-state index contributed by atoms with van der Waals surface area (Å²) in [5.41, 5.74) is 0.444. The van der Waals surface area contributed by atoms with Gasteiger partial charge in [-0.3, -0.25) is 15.1 Å². The Hall–Kier alpha value is -3.64. The Balaban J connectivity index is 2.40. The van der Waals surface area contributed by atoms with Crippen molar-refractivity contribution in [3.05, 3.63) is 48.5 Å². The molecule has 2 amide bonds. The summed E-state index contributed by atoms with van der Waals surface area (Å²) in [5.74, 6) is -0.560. The highest BCUT2D eigenvalue weighted by atomic mass is 32.2. The summed E-state index contributed by atoms with van der Waals surface area (Å²) in [6.07, 6.45) is -0.00808. The molecule has 0 bridgehead atoms. The van der Waals surface area contributed by atoms with Gasteiger partial charge in [-0.15, -0.1) is 0 Å². The zero-order valence-electron chi connectivity index (χ0n) is 18.5. The van der Waals surface area contributed by atoms with Crippen LogP contribution >= 0.6 is 0 Å². The number of benzene rings is 2. The van der Waals surface area contributed by atoms with Crippen LogP contribution in [0.3, 0.4) is 0 Å². The average Bonchev–Trinajstić information content (AvgIpc) is 2.79. The second-order valence-corrected chi connectivity index (χ2v) is 8.06. The van der Waals surface area contributed by atoms with Crippen molar-refractivity contribution in [3.8, 4) is 5.75 Å². The number of ether oxygens (including phenoxy) is 2. The van der Waals surface area contributed by atoms with Gasteiger partial charge in [0.15, 0.2) is 5.75 Å². The third-order valence-electron chi connectivity index (χ3n) is 3.92. The maximum atomic E-state index is 12.7. The molecule has 0 atom stereocenters. The number of nitrogens with one attached hydrogen (secondary N) is 3. The Bertz CT molecular complexity index is 1090. The zero-order valence-corrected chi connectivity index (χ0v) is 19.3. The van der Waals surface area contributed by atoms with Crippen LogP contribution in [0.15, 0.2) is 58.4 Å². The fraction of sp³-hybridized carbons (Fsp3) is 0.286. The number of carbonyl (C=O) groups excluding carboxylic acids is 2. The summed E-state index contributed by atoms with van der Waals surface area (Å²) in [6.45, 7) is 2.10. The molecule has 0 unspecified atom stereocenters. The highest BCUT2D eigenvalue weighted by molar-refractivity contribution is 7.87. The number of hydrogen-bond donors (Lipinski definition) is 3. The summed E-state index contributed by atoms with van der Waals surface area (Å²) < 4.78 is 40.2. The van der Waals surface area contributed by atoms with Gasteiger partial charge in [-0.25, -0.2) is 4.79 Å². The molecule has 178 valence electrons. The quantitative estimate of drug-likeness (QED) is 0.283. The lowest BCUT2D eigenvalue weighted by Crippen LogP contribution is -2.36. The van der Waals surface area contributed by atoms with Gasteiger partial charge in [0.05, 0.1) is 12.8 Å². The van der Waals surface area contributed by atoms with Crippen molar-refractivity contribution >= 4 is 39.5 Å². The largest absolute Gasteiger partial charge is 0.453 e. The van der Waals surface area contributed by atoms with E-state index in [1.165, 1.54) is 38.5 Å². The predicted octanol–water partition coefficient (Wildman–Crippen LogP) is 2.57. The van der Waals surface area contributed by atoms with Crippen LogP contribution < -0.4 is 20.1 Å². The van der Waals surface area contributed by atoms with E-state index in [1.807, 2.05) is 6.92 Å². The number of methoxy groups -OCH3 is 2. The molecule has 33 heavy (non-hydrogen) atoms. The lowest BCUT2D eigenvalue weighted by Gasteiger charge is -2.16. The molecule has 0 aliphatic rings. The van der Waals surface area contributed by atoms with Crippen molar-refractivity contribution in [1.29, 1.82) is 0 Å². The summed E-state index contributed by atoms with van der Waals surface area (Å²) in [4.78, 5) is 27.8. The van der Waals surface area contributed by atoms with Gasteiger partial charge in [-0.2, -0.15) is 8.42 Å². The molecule has 0 spiro atoms. The Morgan fingerprint density at radius 1 is 1.03 bits per heavy atom. The van der Waals surface area contributed by atoms with E-state index >= 15 is 0 Å². The number of anilines is 2. The van der Waals surface area contributed by atoms with Gasteiger partial charge in [0.1, 0.15) is 11.5 Å². The number of amides is 2. The van der Waals surface area contributed by atoms with E-state index in [-0.39, 0.29) is 28.9 Å². The van der Waals surface area contributed by atoms with Gasteiger partial charge in [-0.1, -0.05) is 25.1 Å². The van der Waals surface area contributed by atoms with E-state index in [0.29, 0.717) is 12.2 Å². The molecule has 12 heteroatoms. The molecule has 2 aromatic rings. The fourth-order valence-corrected chi connectivity index (χ4v) is 3.42. The molecule has 0 saturated carbocycles. The normalized spacial score (nSPS) is 11.4. The molecule has 2 rings (SSSR count). The molecular formula is C21H26N4O7S. The van der Waals surface area contributed by atoms with E-state index in [2.05, 4.69) is 25.7 Å². The van der Waals surface area contributed by atoms with Crippen LogP contribution in [0.5, 0.6) is 5.75 Å². The van der Waals surface area contributed by atoms with Crippen LogP contribution in [-0.2, 0) is 24.4 Å². The predicted molar refractivity (Wildman–Crippen MR) is 123 cm³/mol. The number of nitrogens with zero attached hydrogens (tertiary/aromatic N) is 1. The van der Waals surface area contributed by atoms with E-state index in [9.17, 15) is 18.0 Å². The first-order valence-electron chi connectivity index (χ1n) is 9.88. The SMILES string of the molecule is CCCN=C(NC(=O)OC)Nc1ccc(NC(=O)COC)c(OS(=O)(=O)c2ccccc2)c1. The van der Waals surface area contributed by atoms with Gasteiger partial charge in [0.25, 0.3) is 0 Å². The Labute approximate surface area is 192 Å². The molecule has 0 radical (unpaired) electrons. The molecule has 3 N–H and O–H groups in total. The molecular weight excluding hydrogens is 452 g/mol. The number of guanidine groups is 1. The molecule has 0 aliphatic heterocycles. The molecule has 0 aliphatic carbocycles. The lowest BCUT2D eigenvalue weighted by atomic mass is 10.2. The molecule has 2 aromatic carbocycles. The summed E-state index contributed by atoms with van der Waals surface area (Å²) in [6, 6.07) is 11.9. The summed E-state index contributed by atoms with van der Waals surface area (Å²) in [7, 11) is -1.63. The maximum Gasteiger partial charge on any atom is 0.413 e. The number of alkyl carbamates (subject to hydrolysis) is 1. The minimum Gasteiger partial charge on any atom is -0.453 e. The number of rotatable bonds is 9. The maximum absolute atomic E-state index is 12.7. The van der Waals surface area contributed by atoms with Gasteiger partial charge in [-0.05, 0) is 30.7 Å². The van der Waals surface area contributed by atoms with Gasteiger partial charge < -0.3 is 24.3 Å². The van der Waals surface area contributed by atoms with E-state index in [0.717, 1.165) is 6.42 Å². The second kappa shape index (κ2) is 12.4. The highest BCUT2D eigenvalue weighted by Crippen LogP contribution is 2.31. The monoisotopic (exact) mass is 478 g/mol. The minimum absolute atomic E-state index is 0.0601. The van der Waals surface area contributed by atoms with Gasteiger partial charge in [0, 0.05) is 25.4 Å². The number of aliphatic imine (C=N–C) groups is 1. The van der Waals surface area contributed by atoms with Crippen LogP contribution in [-0.4, -0.2) is 53.7 Å². The van der Waals surface area contributed by atoms with Crippen LogP contribution in [0, 0.1) is 0 Å². The van der Waals surface area contributed by atoms with Crippen molar-refractivity contribution < 1.29 is 31.7 Å². The van der Waals surface area contributed by atoms with Crippen LogP contribution in [0.4, 0.5) is 16.2 Å². The van der Waals surface area contributed by atoms with Crippen LogP contribution in [0.2, 0.25) is 0 Å². The lowest BCUT2D eigenvalue weighted by molar-refractivity contribution is -0.119.